The number of hydrogen-bond acceptors (Lipinski definition) is 3. The van der Waals surface area contributed by atoms with E-state index < -0.39 is 5.97 Å². The first kappa shape index (κ1) is 13.5. The van der Waals surface area contributed by atoms with E-state index in [-0.39, 0.29) is 0 Å². The van der Waals surface area contributed by atoms with Crippen molar-refractivity contribution >= 4 is 23.4 Å². The van der Waals surface area contributed by atoms with Crippen LogP contribution in [0.4, 0.5) is 5.69 Å². The molecule has 98 valence electrons. The van der Waals surface area contributed by atoms with Crippen LogP contribution in [0.1, 0.15) is 22.8 Å². The Balaban J connectivity index is 2.19. The van der Waals surface area contributed by atoms with Crippen LogP contribution in [-0.2, 0) is 6.42 Å². The van der Waals surface area contributed by atoms with Crippen LogP contribution in [0.15, 0.2) is 52.3 Å². The van der Waals surface area contributed by atoms with Gasteiger partial charge in [0, 0.05) is 15.5 Å². The molecule has 2 rings (SSSR count). The molecule has 0 atom stereocenters. The first-order chi connectivity index (χ1) is 9.10. The van der Waals surface area contributed by atoms with Crippen LogP contribution < -0.4 is 5.73 Å². The zero-order valence-corrected chi connectivity index (χ0v) is 11.4. The maximum Gasteiger partial charge on any atom is 0.335 e. The Kier molecular flexibility index (Phi) is 4.12. The zero-order valence-electron chi connectivity index (χ0n) is 10.6. The highest BCUT2D eigenvalue weighted by atomic mass is 32.2. The number of aryl methyl sites for hydroxylation is 1. The Morgan fingerprint density at radius 1 is 1.16 bits per heavy atom. The lowest BCUT2D eigenvalue weighted by Gasteiger charge is -2.07. The van der Waals surface area contributed by atoms with Gasteiger partial charge in [0.1, 0.15) is 0 Å². The van der Waals surface area contributed by atoms with Crippen molar-refractivity contribution in [1.29, 1.82) is 0 Å². The Morgan fingerprint density at radius 3 is 2.37 bits per heavy atom. The average molecular weight is 273 g/mol. The Bertz CT molecular complexity index is 594. The van der Waals surface area contributed by atoms with E-state index in [2.05, 4.69) is 13.0 Å². The maximum absolute atomic E-state index is 10.8. The number of aromatic carboxylic acids is 1. The van der Waals surface area contributed by atoms with Gasteiger partial charge in [0.05, 0.1) is 5.56 Å². The van der Waals surface area contributed by atoms with Crippen molar-refractivity contribution in [3.8, 4) is 0 Å². The quantitative estimate of drug-likeness (QED) is 0.834. The third kappa shape index (κ3) is 3.29. The van der Waals surface area contributed by atoms with E-state index >= 15 is 0 Å². The second-order valence-corrected chi connectivity index (χ2v) is 5.29. The van der Waals surface area contributed by atoms with Gasteiger partial charge in [-0.25, -0.2) is 4.79 Å². The molecule has 3 N–H and O–H groups in total. The molecule has 0 aromatic heterocycles. The smallest absolute Gasteiger partial charge is 0.335 e. The van der Waals surface area contributed by atoms with E-state index in [4.69, 9.17) is 10.8 Å². The maximum atomic E-state index is 10.8. The van der Waals surface area contributed by atoms with E-state index in [1.54, 1.807) is 23.9 Å². The SMILES string of the molecule is CCc1cc(Sc2ccc(C(=O)O)cc2)ccc1N. The highest BCUT2D eigenvalue weighted by Crippen LogP contribution is 2.30. The minimum atomic E-state index is -0.905. The molecule has 0 aliphatic rings. The minimum Gasteiger partial charge on any atom is -0.478 e. The van der Waals surface area contributed by atoms with Gasteiger partial charge in [0.15, 0.2) is 0 Å². The summed E-state index contributed by atoms with van der Waals surface area (Å²) in [5.74, 6) is -0.905. The molecule has 0 radical (unpaired) electrons. The minimum absolute atomic E-state index is 0.302. The molecule has 0 aliphatic heterocycles. The van der Waals surface area contributed by atoms with E-state index in [1.807, 2.05) is 24.3 Å². The third-order valence-electron chi connectivity index (χ3n) is 2.83. The van der Waals surface area contributed by atoms with Crippen LogP contribution in [0.5, 0.6) is 0 Å². The Labute approximate surface area is 116 Å². The zero-order chi connectivity index (χ0) is 13.8. The number of anilines is 1. The van der Waals surface area contributed by atoms with Gasteiger partial charge in [-0.15, -0.1) is 0 Å². The Hall–Kier alpha value is -1.94. The monoisotopic (exact) mass is 273 g/mol. The summed E-state index contributed by atoms with van der Waals surface area (Å²) in [6.45, 7) is 2.07. The first-order valence-corrected chi connectivity index (χ1v) is 6.81. The topological polar surface area (TPSA) is 63.3 Å². The summed E-state index contributed by atoms with van der Waals surface area (Å²) >= 11 is 1.60. The molecule has 0 saturated heterocycles. The van der Waals surface area contributed by atoms with Gasteiger partial charge in [0.25, 0.3) is 0 Å². The molecule has 0 aliphatic carbocycles. The molecule has 0 fully saturated rings. The van der Waals surface area contributed by atoms with E-state index in [0.29, 0.717) is 5.56 Å². The van der Waals surface area contributed by atoms with E-state index in [9.17, 15) is 4.79 Å². The van der Waals surface area contributed by atoms with Crippen molar-refractivity contribution < 1.29 is 9.90 Å². The lowest BCUT2D eigenvalue weighted by atomic mass is 10.1. The van der Waals surface area contributed by atoms with Gasteiger partial charge in [-0.05, 0) is 54.4 Å². The van der Waals surface area contributed by atoms with E-state index in [1.165, 1.54) is 0 Å². The molecular weight excluding hydrogens is 258 g/mol. The van der Waals surface area contributed by atoms with Crippen LogP contribution >= 0.6 is 11.8 Å². The van der Waals surface area contributed by atoms with Crippen LogP contribution in [-0.4, -0.2) is 11.1 Å². The van der Waals surface area contributed by atoms with Crippen LogP contribution in [0, 0.1) is 0 Å². The van der Waals surface area contributed by atoms with Gasteiger partial charge in [0.2, 0.25) is 0 Å². The number of carboxylic acids is 1. The lowest BCUT2D eigenvalue weighted by molar-refractivity contribution is 0.0697. The molecule has 3 nitrogen and oxygen atoms in total. The summed E-state index contributed by atoms with van der Waals surface area (Å²) in [6, 6.07) is 12.8. The number of nitrogen functional groups attached to an aromatic ring is 1. The van der Waals surface area contributed by atoms with Gasteiger partial charge >= 0.3 is 5.97 Å². The molecule has 0 saturated carbocycles. The van der Waals surface area contributed by atoms with Crippen molar-refractivity contribution in [3.63, 3.8) is 0 Å². The summed E-state index contributed by atoms with van der Waals surface area (Å²) in [5, 5.41) is 8.84. The molecule has 2 aromatic carbocycles. The third-order valence-corrected chi connectivity index (χ3v) is 3.83. The fourth-order valence-electron chi connectivity index (χ4n) is 1.75. The summed E-state index contributed by atoms with van der Waals surface area (Å²) in [7, 11) is 0. The highest BCUT2D eigenvalue weighted by molar-refractivity contribution is 7.99. The van der Waals surface area contributed by atoms with E-state index in [0.717, 1.165) is 27.5 Å². The molecular formula is C15H15NO2S. The second kappa shape index (κ2) is 5.80. The van der Waals surface area contributed by atoms with Crippen LogP contribution in [0.25, 0.3) is 0 Å². The van der Waals surface area contributed by atoms with Crippen LogP contribution in [0.3, 0.4) is 0 Å². The van der Waals surface area contributed by atoms with Crippen LogP contribution in [0.2, 0.25) is 0 Å². The summed E-state index contributed by atoms with van der Waals surface area (Å²) in [6.07, 6.45) is 0.901. The van der Waals surface area contributed by atoms with Gasteiger partial charge in [-0.2, -0.15) is 0 Å². The summed E-state index contributed by atoms with van der Waals surface area (Å²) in [4.78, 5) is 12.9. The molecule has 4 heteroatoms. The fourth-order valence-corrected chi connectivity index (χ4v) is 2.64. The summed E-state index contributed by atoms with van der Waals surface area (Å²) in [5.41, 5.74) is 8.12. The summed E-state index contributed by atoms with van der Waals surface area (Å²) < 4.78 is 0. The molecule has 0 bridgehead atoms. The molecule has 0 amide bonds. The number of nitrogens with two attached hydrogens (primary N) is 1. The van der Waals surface area contributed by atoms with Crippen molar-refractivity contribution in [2.24, 2.45) is 0 Å². The van der Waals surface area contributed by atoms with Gasteiger partial charge in [-0.3, -0.25) is 0 Å². The number of carboxylic acid groups (broad SMARTS) is 1. The van der Waals surface area contributed by atoms with Crippen molar-refractivity contribution in [2.45, 2.75) is 23.1 Å². The van der Waals surface area contributed by atoms with Gasteiger partial charge in [-0.1, -0.05) is 18.7 Å². The average Bonchev–Trinajstić information content (AvgIpc) is 2.41. The molecule has 0 unspecified atom stereocenters. The largest absolute Gasteiger partial charge is 0.478 e. The van der Waals surface area contributed by atoms with Crippen molar-refractivity contribution in [2.75, 3.05) is 5.73 Å². The number of benzene rings is 2. The number of hydrogen-bond donors (Lipinski definition) is 2. The normalized spacial score (nSPS) is 10.4. The number of rotatable bonds is 4. The standard InChI is InChI=1S/C15H15NO2S/c1-2-10-9-13(7-8-14(10)16)19-12-5-3-11(4-6-12)15(17)18/h3-9H,2,16H2,1H3,(H,17,18). The van der Waals surface area contributed by atoms with Crippen molar-refractivity contribution in [3.05, 3.63) is 53.6 Å². The Morgan fingerprint density at radius 2 is 1.79 bits per heavy atom. The lowest BCUT2D eigenvalue weighted by Crippen LogP contribution is -1.95. The molecule has 0 heterocycles. The first-order valence-electron chi connectivity index (χ1n) is 5.99. The molecule has 2 aromatic rings. The predicted molar refractivity (Wildman–Crippen MR) is 77.8 cm³/mol. The van der Waals surface area contributed by atoms with Gasteiger partial charge < -0.3 is 10.8 Å². The fraction of sp³-hybridized carbons (Fsp3) is 0.133. The second-order valence-electron chi connectivity index (χ2n) is 4.15. The van der Waals surface area contributed by atoms with Crippen molar-refractivity contribution in [1.82, 2.24) is 0 Å². The highest BCUT2D eigenvalue weighted by Gasteiger charge is 2.04. The molecule has 19 heavy (non-hydrogen) atoms. The molecule has 0 spiro atoms. The number of carbonyl (C=O) groups is 1. The predicted octanol–water partition coefficient (Wildman–Crippen LogP) is 3.68.